The van der Waals surface area contributed by atoms with Crippen molar-refractivity contribution in [2.45, 2.75) is 232 Å². The van der Waals surface area contributed by atoms with Crippen LogP contribution >= 0.6 is 0 Å². The largest absolute Gasteiger partial charge is 2.00 e. The molecule has 6 aliphatic rings. The van der Waals surface area contributed by atoms with Gasteiger partial charge in [-0.2, -0.15) is 72.3 Å². The normalized spacial score (nSPS) is 12.7. The average molecular weight is 2100 g/mol. The van der Waals surface area contributed by atoms with Crippen molar-refractivity contribution in [1.29, 1.82) is 5.26 Å². The number of aliphatic hydroxyl groups is 2. The number of hydrogen-bond acceptors (Lipinski definition) is 20. The molecule has 0 saturated carbocycles. The molecule has 15 aromatic rings. The monoisotopic (exact) mass is 2100 g/mol. The summed E-state index contributed by atoms with van der Waals surface area (Å²) in [7, 11) is -0.171. The number of aryl methyl sites for hydroxylation is 5. The van der Waals surface area contributed by atoms with Crippen LogP contribution in [0.2, 0.25) is 18.1 Å². The third kappa shape index (κ3) is 35.7. The number of esters is 1. The fourth-order valence-electron chi connectivity index (χ4n) is 16.8. The van der Waals surface area contributed by atoms with Gasteiger partial charge in [0.1, 0.15) is 54.1 Å². The minimum Gasteiger partial charge on any atom is -1.00 e. The van der Waals surface area contributed by atoms with Crippen LogP contribution < -0.4 is 73.5 Å². The molecule has 0 bridgehead atoms. The number of carbonyl (C=O) groups excluding carboxylic acids is 6. The van der Waals surface area contributed by atoms with E-state index in [2.05, 4.69) is 143 Å². The molecule has 30 heteroatoms. The van der Waals surface area contributed by atoms with Crippen LogP contribution in [0.4, 0.5) is 5.69 Å². The first-order valence-electron chi connectivity index (χ1n) is 48.0. The fraction of sp³-hybridized carbons (Fsp3) is 0.325. The Labute approximate surface area is 936 Å². The molecule has 0 spiro atoms. The van der Waals surface area contributed by atoms with E-state index in [9.17, 15) is 44.1 Å². The first-order valence-corrected chi connectivity index (χ1v) is 50.5. The predicted octanol–water partition coefficient (Wildman–Crippen LogP) is 13.6. The number of aromatic nitrogens is 13. The summed E-state index contributed by atoms with van der Waals surface area (Å²) in [5.41, 5.74) is 26.7. The standard InChI is InChI=1S/C21H18N6.C20H18N2O2.C20H18N2O.C14H14N2O2.C14H12N2O2.C6H16Si.C6H5.C5H7NO2.C4H8O.C4H9O.3CH4.BrH.K.Mg/c1-15-7-8-18-20(9-15)27-19(11-21(25-18)26-14-22-13-24-26)17(12-23-27)10-16-5-3-2-4-6-16;1-13-7-8-15-10-16(23)11-19-17(12-21-22(19)18(15)9-13)20(24)14-5-3-2-4-6-14;1-14-7-8-16-11-18(23)12-20-17(10-15-5-3-2-4-6-15)13-21-22(20)19(16)9-14;2*1-9-2-3-10-5-12(18)6-14-11(8-17)7-15-16(14)13(10)4-9;1-4-7(5-2)6-3;1-2-4-6-5-3-1;1-2-8-5(7)3-4-6;1-2-4-5-3-1;1-4(2,3)5;;;;;;/h2-9,12-14H,10-11H2,1H3;2-9,12,20,24H,10-11H2,1H3;2-9,13H,10-12H2,1H3;2-4,7,17H,5-6,8H2,1H3;2-4,7-8H,5-6H2,1H3;7H,4-6H2,1-3H3;1-5H;2-3H2,1H3;1-4H2;1-3H3;3*1H4;1H;;/q;;;;;;-1;;;-1;;;;;+1;+2/p-1. The molecule has 6 aromatic heterocycles. The number of hydrogen-bond donors (Lipinski definition) is 2. The second kappa shape index (κ2) is 61.8. The number of Topliss-reactive ketones (excluding diaryl/α,β-unsaturated/α-hetero) is 4. The van der Waals surface area contributed by atoms with Gasteiger partial charge in [-0.05, 0) is 169 Å². The Bertz CT molecular complexity index is 6760. The number of nitriles is 1. The summed E-state index contributed by atoms with van der Waals surface area (Å²) in [6.07, 6.45) is 19.7. The van der Waals surface area contributed by atoms with Gasteiger partial charge in [-0.3, -0.25) is 28.8 Å². The van der Waals surface area contributed by atoms with Gasteiger partial charge in [0, 0.05) is 97.3 Å². The van der Waals surface area contributed by atoms with Crippen molar-refractivity contribution >= 4 is 78.8 Å². The number of ether oxygens (including phenoxy) is 2. The third-order valence-corrected chi connectivity index (χ3v) is 27.5. The molecule has 147 heavy (non-hydrogen) atoms. The number of rotatable bonds is 13. The van der Waals surface area contributed by atoms with Gasteiger partial charge in [-0.1, -0.05) is 228 Å². The van der Waals surface area contributed by atoms with E-state index in [-0.39, 0.29) is 171 Å². The van der Waals surface area contributed by atoms with E-state index in [0.717, 1.165) is 151 Å². The maximum atomic E-state index is 12.4. The van der Waals surface area contributed by atoms with Gasteiger partial charge in [-0.15, -0.1) is 5.60 Å². The maximum absolute atomic E-state index is 12.4. The molecule has 6 aliphatic heterocycles. The number of nitrogens with zero attached hydrogens (tertiary/aromatic N) is 15. The number of aliphatic hydroxyl groups excluding tert-OH is 2. The topological polar surface area (TPSA) is 340 Å². The first-order chi connectivity index (χ1) is 68.1. The Hall–Kier alpha value is -11.9. The van der Waals surface area contributed by atoms with E-state index >= 15 is 0 Å². The van der Waals surface area contributed by atoms with Crippen molar-refractivity contribution in [3.63, 3.8) is 0 Å². The van der Waals surface area contributed by atoms with Crippen LogP contribution in [0, 0.1) is 52.0 Å². The van der Waals surface area contributed by atoms with Gasteiger partial charge >= 0.3 is 80.4 Å². The molecule has 9 aromatic carbocycles. The van der Waals surface area contributed by atoms with Crippen LogP contribution in [0.5, 0.6) is 0 Å². The molecule has 12 heterocycles. The number of carbonyl (C=O) groups is 6. The zero-order valence-electron chi connectivity index (χ0n) is 84.7. The summed E-state index contributed by atoms with van der Waals surface area (Å²) in [5.74, 6) is 1.06. The van der Waals surface area contributed by atoms with Crippen LogP contribution in [-0.4, -0.2) is 172 Å². The molecule has 2 N–H and O–H groups in total. The summed E-state index contributed by atoms with van der Waals surface area (Å²) in [6.45, 7) is 26.0. The SMILES string of the molecule is C.C.C.C1CCOC1.CC(C)(C)[O-].CCOC(=O)CC#N.CC[SiH](CC)CC.Cc1ccc2c(c1)-n1ncc(C(O)c3ccccc3)c1CC(=O)C2.Cc1ccc2c(c1)-n1ncc(C=O)c1CC(=O)C2.Cc1ccc2c(c1)-n1ncc(CO)c1CC(=O)C2.Cc1ccc2c(c1)-n1ncc(Cc3ccccc3)c1CC(=O)C2.Cc1ccc2c(c1)-n1ncc(Cc3ccccc3)c1CC(n1cncn1)=N2.[Br-].[K+].[Mg+2].[c-]1ccccc1. The van der Waals surface area contributed by atoms with Crippen molar-refractivity contribution in [1.82, 2.24) is 63.7 Å². The number of fused-ring (bicyclic) bond motifs is 15. The van der Waals surface area contributed by atoms with E-state index in [1.807, 2.05) is 193 Å². The molecule has 0 aliphatic carbocycles. The Morgan fingerprint density at radius 3 is 1.27 bits per heavy atom. The zero-order valence-corrected chi connectivity index (χ0v) is 92.0. The van der Waals surface area contributed by atoms with Crippen molar-refractivity contribution in [2.24, 2.45) is 4.99 Å². The van der Waals surface area contributed by atoms with Gasteiger partial charge < -0.3 is 41.8 Å². The molecule has 0 radical (unpaired) electrons. The second-order valence-electron chi connectivity index (χ2n) is 36.3. The van der Waals surface area contributed by atoms with Crippen LogP contribution in [0.1, 0.15) is 224 Å². The number of benzene rings is 9. The maximum Gasteiger partial charge on any atom is 2.00 e. The Morgan fingerprint density at radius 1 is 0.510 bits per heavy atom. The number of aliphatic imine (C=N–C) groups is 1. The molecular weight excluding hydrogens is 1960 g/mol. The molecule has 760 valence electrons. The molecular formula is C117H137BrKMgN15O11Si. The molecule has 26 nitrogen and oxygen atoms in total. The third-order valence-electron chi connectivity index (χ3n) is 24.0. The quantitative estimate of drug-likeness (QED) is 0.0468. The van der Waals surface area contributed by atoms with Crippen molar-refractivity contribution in [2.75, 3.05) is 19.8 Å². The Morgan fingerprint density at radius 2 is 0.884 bits per heavy atom. The molecule has 1 saturated heterocycles. The van der Waals surface area contributed by atoms with Crippen molar-refractivity contribution in [3.05, 3.63) is 385 Å². The summed E-state index contributed by atoms with van der Waals surface area (Å²) < 4.78 is 20.4. The van der Waals surface area contributed by atoms with Gasteiger partial charge in [0.25, 0.3) is 0 Å². The summed E-state index contributed by atoms with van der Waals surface area (Å²) in [4.78, 5) is 78.7. The molecule has 1 fully saturated rings. The van der Waals surface area contributed by atoms with Crippen LogP contribution in [-0.2, 0) is 111 Å². The molecule has 1 unspecified atom stereocenters. The fourth-order valence-corrected chi connectivity index (χ4v) is 18.5. The second-order valence-corrected chi connectivity index (χ2v) is 40.5. The van der Waals surface area contributed by atoms with Gasteiger partial charge in [-0.25, -0.2) is 38.1 Å². The van der Waals surface area contributed by atoms with Gasteiger partial charge in [0.15, 0.2) is 6.29 Å². The summed E-state index contributed by atoms with van der Waals surface area (Å²) in [6, 6.07) is 79.4. The Balaban J connectivity index is 0.000000260. The van der Waals surface area contributed by atoms with Crippen molar-refractivity contribution in [3.8, 4) is 34.5 Å². The number of ketones is 4. The molecule has 1 atom stereocenters. The number of halogens is 1. The van der Waals surface area contributed by atoms with Crippen molar-refractivity contribution < 1.29 is 122 Å². The first kappa shape index (κ1) is 124. The van der Waals surface area contributed by atoms with Crippen LogP contribution in [0.15, 0.2) is 261 Å². The van der Waals surface area contributed by atoms with E-state index in [1.165, 1.54) is 71.3 Å². The zero-order chi connectivity index (χ0) is 100. The average Bonchev–Trinajstić information content (AvgIpc) is 1.66. The minimum atomic E-state index is -0.783. The Kier molecular flexibility index (Phi) is 52.0. The summed E-state index contributed by atoms with van der Waals surface area (Å²) >= 11 is 0. The van der Waals surface area contributed by atoms with Crippen LogP contribution in [0.3, 0.4) is 0 Å². The predicted molar refractivity (Wildman–Crippen MR) is 574 cm³/mol. The molecule has 21 rings (SSSR count). The van der Waals surface area contributed by atoms with Crippen LogP contribution in [0.25, 0.3) is 28.4 Å². The van der Waals surface area contributed by atoms with E-state index < -0.39 is 17.7 Å². The number of aldehydes is 1. The summed E-state index contributed by atoms with van der Waals surface area (Å²) in [5, 5.41) is 64.7. The van der Waals surface area contributed by atoms with E-state index in [4.69, 9.17) is 20.1 Å². The van der Waals surface area contributed by atoms with E-state index in [0.29, 0.717) is 68.4 Å². The smallest absolute Gasteiger partial charge is 1.00 e. The molecule has 0 amide bonds. The van der Waals surface area contributed by atoms with Gasteiger partial charge in [0.2, 0.25) is 0 Å². The van der Waals surface area contributed by atoms with E-state index in [1.54, 1.807) is 66.5 Å². The minimum absolute atomic E-state index is 0. The van der Waals surface area contributed by atoms with Gasteiger partial charge in [0.05, 0.1) is 125 Å².